The van der Waals surface area contributed by atoms with E-state index >= 15 is 0 Å². The van der Waals surface area contributed by atoms with E-state index in [9.17, 15) is 18.0 Å². The Morgan fingerprint density at radius 3 is 2.43 bits per heavy atom. The minimum atomic E-state index is -4.46. The van der Waals surface area contributed by atoms with E-state index in [-0.39, 0.29) is 25.1 Å². The van der Waals surface area contributed by atoms with Crippen LogP contribution in [0.2, 0.25) is 0 Å². The molecule has 0 spiro atoms. The molecular formula is C14H16F3NO3. The number of halogens is 3. The molecule has 1 aromatic rings. The number of ether oxygens (including phenoxy) is 1. The summed E-state index contributed by atoms with van der Waals surface area (Å²) >= 11 is 0. The highest BCUT2D eigenvalue weighted by molar-refractivity contribution is 5.70. The molecule has 2 rings (SSSR count). The molecule has 1 N–H and O–H groups in total. The normalized spacial score (nSPS) is 21.2. The van der Waals surface area contributed by atoms with Crippen LogP contribution < -0.4 is 4.74 Å². The Bertz CT molecular complexity index is 501. The maximum atomic E-state index is 13.3. The zero-order chi connectivity index (χ0) is 15.6. The molecule has 2 unspecified atom stereocenters. The fourth-order valence-electron chi connectivity index (χ4n) is 2.62. The van der Waals surface area contributed by atoms with Gasteiger partial charge in [0.2, 0.25) is 0 Å². The summed E-state index contributed by atoms with van der Waals surface area (Å²) in [4.78, 5) is 12.1. The summed E-state index contributed by atoms with van der Waals surface area (Å²) in [6, 6.07) is 3.89. The number of carboxylic acid groups (broad SMARTS) is 1. The van der Waals surface area contributed by atoms with Crippen molar-refractivity contribution < 1.29 is 27.8 Å². The molecule has 0 radical (unpaired) electrons. The van der Waals surface area contributed by atoms with E-state index in [0.29, 0.717) is 5.75 Å². The minimum Gasteiger partial charge on any atom is -0.497 e. The van der Waals surface area contributed by atoms with Crippen molar-refractivity contribution in [3.63, 3.8) is 0 Å². The molecule has 1 saturated heterocycles. The Hall–Kier alpha value is -1.76. The summed E-state index contributed by atoms with van der Waals surface area (Å²) in [5.41, 5.74) is 0.0920. The van der Waals surface area contributed by atoms with E-state index in [1.807, 2.05) is 0 Å². The Morgan fingerprint density at radius 1 is 1.38 bits per heavy atom. The van der Waals surface area contributed by atoms with Gasteiger partial charge in [0.15, 0.2) is 0 Å². The molecule has 7 heteroatoms. The summed E-state index contributed by atoms with van der Waals surface area (Å²) in [6.45, 7) is 0.0265. The van der Waals surface area contributed by atoms with Crippen molar-refractivity contribution in [3.05, 3.63) is 29.8 Å². The Labute approximate surface area is 120 Å². The second kappa shape index (κ2) is 5.93. The first-order chi connectivity index (χ1) is 9.82. The van der Waals surface area contributed by atoms with E-state index in [4.69, 9.17) is 9.84 Å². The molecule has 116 valence electrons. The third-order valence-electron chi connectivity index (χ3n) is 3.68. The highest BCUT2D eigenvalue weighted by Gasteiger charge is 2.47. The molecule has 0 saturated carbocycles. The van der Waals surface area contributed by atoms with Crippen LogP contribution in [-0.2, 0) is 4.79 Å². The van der Waals surface area contributed by atoms with E-state index in [2.05, 4.69) is 0 Å². The van der Waals surface area contributed by atoms with Gasteiger partial charge in [-0.1, -0.05) is 12.1 Å². The number of rotatable bonds is 4. The third kappa shape index (κ3) is 3.47. The SMILES string of the molecule is COc1ccc(C(N2CCC(C(=O)O)C2)C(F)(F)F)cc1. The van der Waals surface area contributed by atoms with Crippen molar-refractivity contribution in [1.82, 2.24) is 4.90 Å². The molecule has 2 atom stereocenters. The van der Waals surface area contributed by atoms with Crippen LogP contribution in [0, 0.1) is 5.92 Å². The first-order valence-corrected chi connectivity index (χ1v) is 6.50. The molecular weight excluding hydrogens is 287 g/mol. The standard InChI is InChI=1S/C14H16F3NO3/c1-21-11-4-2-9(3-5-11)12(14(15,16)17)18-7-6-10(8-18)13(19)20/h2-5,10,12H,6-8H2,1H3,(H,19,20). The van der Waals surface area contributed by atoms with E-state index in [0.717, 1.165) is 0 Å². The summed E-state index contributed by atoms with van der Waals surface area (Å²) in [7, 11) is 1.44. The van der Waals surface area contributed by atoms with Crippen molar-refractivity contribution in [2.75, 3.05) is 20.2 Å². The Kier molecular flexibility index (Phi) is 4.41. The molecule has 0 amide bonds. The van der Waals surface area contributed by atoms with Crippen molar-refractivity contribution in [2.24, 2.45) is 5.92 Å². The van der Waals surface area contributed by atoms with Gasteiger partial charge in [-0.05, 0) is 30.7 Å². The van der Waals surface area contributed by atoms with E-state index in [1.165, 1.54) is 36.3 Å². The summed E-state index contributed by atoms with van der Waals surface area (Å²) < 4.78 is 45.0. The molecule has 0 aliphatic carbocycles. The second-order valence-corrected chi connectivity index (χ2v) is 5.04. The van der Waals surface area contributed by atoms with Crippen molar-refractivity contribution in [3.8, 4) is 5.75 Å². The van der Waals surface area contributed by atoms with Crippen LogP contribution in [0.25, 0.3) is 0 Å². The number of aliphatic carboxylic acids is 1. The number of benzene rings is 1. The Balaban J connectivity index is 2.25. The third-order valence-corrected chi connectivity index (χ3v) is 3.68. The zero-order valence-electron chi connectivity index (χ0n) is 11.4. The molecule has 0 aromatic heterocycles. The van der Waals surface area contributed by atoms with E-state index in [1.54, 1.807) is 0 Å². The number of methoxy groups -OCH3 is 1. The molecule has 1 aromatic carbocycles. The maximum Gasteiger partial charge on any atom is 0.408 e. The molecule has 21 heavy (non-hydrogen) atoms. The first kappa shape index (κ1) is 15.6. The molecule has 0 bridgehead atoms. The molecule has 1 fully saturated rings. The predicted molar refractivity (Wildman–Crippen MR) is 69.1 cm³/mol. The quantitative estimate of drug-likeness (QED) is 0.929. The summed E-state index contributed by atoms with van der Waals surface area (Å²) in [5.74, 6) is -1.31. The van der Waals surface area contributed by atoms with Gasteiger partial charge >= 0.3 is 12.1 Å². The van der Waals surface area contributed by atoms with Gasteiger partial charge in [-0.3, -0.25) is 9.69 Å². The topological polar surface area (TPSA) is 49.8 Å². The highest BCUT2D eigenvalue weighted by atomic mass is 19.4. The monoisotopic (exact) mass is 303 g/mol. The van der Waals surface area contributed by atoms with Gasteiger partial charge in [-0.2, -0.15) is 13.2 Å². The van der Waals surface area contributed by atoms with Crippen molar-refractivity contribution in [1.29, 1.82) is 0 Å². The summed E-state index contributed by atoms with van der Waals surface area (Å²) in [6.07, 6.45) is -4.22. The van der Waals surface area contributed by atoms with Gasteiger partial charge < -0.3 is 9.84 Å². The van der Waals surface area contributed by atoms with Crippen LogP contribution in [0.5, 0.6) is 5.75 Å². The second-order valence-electron chi connectivity index (χ2n) is 5.04. The summed E-state index contributed by atoms with van der Waals surface area (Å²) in [5, 5.41) is 8.93. The number of carbonyl (C=O) groups is 1. The minimum absolute atomic E-state index is 0.0917. The number of alkyl halides is 3. The van der Waals surface area contributed by atoms with Crippen LogP contribution in [0.1, 0.15) is 18.0 Å². The van der Waals surface area contributed by atoms with Crippen LogP contribution in [0.3, 0.4) is 0 Å². The van der Waals surface area contributed by atoms with Gasteiger partial charge in [-0.25, -0.2) is 0 Å². The van der Waals surface area contributed by atoms with Crippen LogP contribution >= 0.6 is 0 Å². The average Bonchev–Trinajstić information content (AvgIpc) is 2.87. The largest absolute Gasteiger partial charge is 0.497 e. The smallest absolute Gasteiger partial charge is 0.408 e. The number of hydrogen-bond acceptors (Lipinski definition) is 3. The van der Waals surface area contributed by atoms with Gasteiger partial charge in [0.1, 0.15) is 11.8 Å². The van der Waals surface area contributed by atoms with Crippen LogP contribution in [0.15, 0.2) is 24.3 Å². The first-order valence-electron chi connectivity index (χ1n) is 6.50. The average molecular weight is 303 g/mol. The number of hydrogen-bond donors (Lipinski definition) is 1. The van der Waals surface area contributed by atoms with Crippen molar-refractivity contribution in [2.45, 2.75) is 18.6 Å². The molecule has 1 aliphatic rings. The highest BCUT2D eigenvalue weighted by Crippen LogP contribution is 2.40. The molecule has 4 nitrogen and oxygen atoms in total. The van der Waals surface area contributed by atoms with Crippen LogP contribution in [-0.4, -0.2) is 42.4 Å². The van der Waals surface area contributed by atoms with E-state index < -0.39 is 24.1 Å². The fourth-order valence-corrected chi connectivity index (χ4v) is 2.62. The lowest BCUT2D eigenvalue weighted by Gasteiger charge is -2.30. The molecule has 1 heterocycles. The fraction of sp³-hybridized carbons (Fsp3) is 0.500. The van der Waals surface area contributed by atoms with Crippen molar-refractivity contribution >= 4 is 5.97 Å². The number of likely N-dealkylation sites (tertiary alicyclic amines) is 1. The number of carboxylic acids is 1. The number of nitrogens with zero attached hydrogens (tertiary/aromatic N) is 1. The predicted octanol–water partition coefficient (Wildman–Crippen LogP) is 2.71. The molecule has 1 aliphatic heterocycles. The lowest BCUT2D eigenvalue weighted by atomic mass is 10.0. The lowest BCUT2D eigenvalue weighted by Crippen LogP contribution is -2.37. The zero-order valence-corrected chi connectivity index (χ0v) is 11.4. The van der Waals surface area contributed by atoms with Gasteiger partial charge in [0.05, 0.1) is 13.0 Å². The van der Waals surface area contributed by atoms with Gasteiger partial charge in [0, 0.05) is 6.54 Å². The van der Waals surface area contributed by atoms with Crippen LogP contribution in [0.4, 0.5) is 13.2 Å². The van der Waals surface area contributed by atoms with Gasteiger partial charge in [0.25, 0.3) is 0 Å². The lowest BCUT2D eigenvalue weighted by molar-refractivity contribution is -0.184. The van der Waals surface area contributed by atoms with Gasteiger partial charge in [-0.15, -0.1) is 0 Å². The Morgan fingerprint density at radius 2 is 2.00 bits per heavy atom. The maximum absolute atomic E-state index is 13.3.